The molecule has 1 amide bonds. The topological polar surface area (TPSA) is 77.2 Å². The molecule has 0 aliphatic rings. The van der Waals surface area contributed by atoms with Gasteiger partial charge >= 0.3 is 0 Å². The van der Waals surface area contributed by atoms with Crippen LogP contribution in [0.1, 0.15) is 11.1 Å². The number of nitrogens with zero attached hydrogens (tertiary/aromatic N) is 1. The number of rotatable bonds is 5. The first kappa shape index (κ1) is 17.0. The summed E-state index contributed by atoms with van der Waals surface area (Å²) in [6.45, 7) is 3.94. The average molecular weight is 353 g/mol. The van der Waals surface area contributed by atoms with Crippen molar-refractivity contribution in [1.82, 2.24) is 4.98 Å². The molecule has 0 saturated heterocycles. The summed E-state index contributed by atoms with van der Waals surface area (Å²) < 4.78 is 5.55. The monoisotopic (exact) mass is 353 g/mol. The summed E-state index contributed by atoms with van der Waals surface area (Å²) in [5, 5.41) is 5.31. The fourth-order valence-corrected chi connectivity index (χ4v) is 3.00. The van der Waals surface area contributed by atoms with Crippen molar-refractivity contribution >= 4 is 28.1 Å². The number of nitrogen functional groups attached to an aromatic ring is 1. The molecule has 5 nitrogen and oxygen atoms in total. The number of aromatic nitrogens is 1. The summed E-state index contributed by atoms with van der Waals surface area (Å²) in [5.74, 6) is 0.436. The minimum Gasteiger partial charge on any atom is -0.484 e. The number of nitrogens with one attached hydrogen (secondary N) is 1. The first-order valence-electron chi connectivity index (χ1n) is 7.82. The van der Waals surface area contributed by atoms with Crippen LogP contribution >= 0.6 is 11.3 Å². The van der Waals surface area contributed by atoms with E-state index >= 15 is 0 Å². The number of ether oxygens (including phenoxy) is 1. The van der Waals surface area contributed by atoms with E-state index in [1.54, 1.807) is 0 Å². The molecule has 25 heavy (non-hydrogen) atoms. The van der Waals surface area contributed by atoms with Gasteiger partial charge in [0.1, 0.15) is 5.75 Å². The van der Waals surface area contributed by atoms with E-state index in [1.807, 2.05) is 61.7 Å². The van der Waals surface area contributed by atoms with Crippen LogP contribution in [-0.4, -0.2) is 17.5 Å². The van der Waals surface area contributed by atoms with Gasteiger partial charge in [-0.1, -0.05) is 17.7 Å². The molecular formula is C19H19N3O2S. The van der Waals surface area contributed by atoms with E-state index in [2.05, 4.69) is 10.3 Å². The Morgan fingerprint density at radius 2 is 1.96 bits per heavy atom. The molecule has 0 radical (unpaired) electrons. The number of nitrogens with two attached hydrogens (primary N) is 1. The van der Waals surface area contributed by atoms with Crippen molar-refractivity contribution in [3.8, 4) is 17.0 Å². The van der Waals surface area contributed by atoms with Crippen molar-refractivity contribution in [2.45, 2.75) is 13.8 Å². The molecule has 1 aromatic heterocycles. The van der Waals surface area contributed by atoms with Gasteiger partial charge in [-0.3, -0.25) is 4.79 Å². The maximum atomic E-state index is 12.1. The predicted molar refractivity (Wildman–Crippen MR) is 102 cm³/mol. The Bertz CT molecular complexity index is 888. The third kappa shape index (κ3) is 4.36. The molecule has 3 N–H and O–H groups in total. The van der Waals surface area contributed by atoms with Gasteiger partial charge in [0.05, 0.1) is 5.69 Å². The Kier molecular flexibility index (Phi) is 5.00. The van der Waals surface area contributed by atoms with Crippen molar-refractivity contribution in [1.29, 1.82) is 0 Å². The van der Waals surface area contributed by atoms with Crippen LogP contribution in [0.4, 0.5) is 10.8 Å². The highest BCUT2D eigenvalue weighted by atomic mass is 32.1. The lowest BCUT2D eigenvalue weighted by molar-refractivity contribution is -0.118. The highest BCUT2D eigenvalue weighted by molar-refractivity contribution is 7.13. The number of hydrogen-bond acceptors (Lipinski definition) is 5. The first-order chi connectivity index (χ1) is 12.0. The molecule has 1 heterocycles. The smallest absolute Gasteiger partial charge is 0.262 e. The molecule has 128 valence electrons. The van der Waals surface area contributed by atoms with E-state index in [1.165, 1.54) is 11.3 Å². The summed E-state index contributed by atoms with van der Waals surface area (Å²) in [5.41, 5.74) is 10.4. The largest absolute Gasteiger partial charge is 0.484 e. The zero-order chi connectivity index (χ0) is 17.8. The molecule has 0 spiro atoms. The average Bonchev–Trinajstić information content (AvgIpc) is 3.02. The van der Waals surface area contributed by atoms with Crippen molar-refractivity contribution in [2.75, 3.05) is 17.7 Å². The van der Waals surface area contributed by atoms with Crippen LogP contribution in [0, 0.1) is 13.8 Å². The maximum Gasteiger partial charge on any atom is 0.262 e. The number of aryl methyl sites for hydroxylation is 2. The summed E-state index contributed by atoms with van der Waals surface area (Å²) in [4.78, 5) is 16.3. The molecule has 0 bridgehead atoms. The van der Waals surface area contributed by atoms with Gasteiger partial charge in [-0.15, -0.1) is 11.3 Å². The number of thiazole rings is 1. The number of amides is 1. The second-order valence-electron chi connectivity index (χ2n) is 5.75. The lowest BCUT2D eigenvalue weighted by Crippen LogP contribution is -2.20. The summed E-state index contributed by atoms with van der Waals surface area (Å²) in [6, 6.07) is 13.3. The normalized spacial score (nSPS) is 10.5. The van der Waals surface area contributed by atoms with Crippen LogP contribution in [0.2, 0.25) is 0 Å². The highest BCUT2D eigenvalue weighted by Gasteiger charge is 2.07. The molecule has 0 aliphatic heterocycles. The Balaban J connectivity index is 1.57. The maximum absolute atomic E-state index is 12.1. The van der Waals surface area contributed by atoms with E-state index in [0.717, 1.165) is 28.1 Å². The van der Waals surface area contributed by atoms with E-state index in [4.69, 9.17) is 10.5 Å². The molecule has 0 atom stereocenters. The van der Waals surface area contributed by atoms with Crippen LogP contribution in [0.3, 0.4) is 0 Å². The number of carbonyl (C=O) groups is 1. The van der Waals surface area contributed by atoms with E-state index < -0.39 is 0 Å². The van der Waals surface area contributed by atoms with Crippen LogP contribution in [0.5, 0.6) is 5.75 Å². The fraction of sp³-hybridized carbons (Fsp3) is 0.158. The molecular weight excluding hydrogens is 334 g/mol. The standard InChI is InChI=1S/C19H19N3O2S/c1-12-3-8-16(13(2)9-12)21-18(23)10-24-15-6-4-14(5-7-15)17-11-25-19(20)22-17/h3-9,11H,10H2,1-2H3,(H2,20,22)(H,21,23). The number of benzene rings is 2. The molecule has 2 aromatic carbocycles. The van der Waals surface area contributed by atoms with Crippen LogP contribution in [-0.2, 0) is 4.79 Å². The zero-order valence-electron chi connectivity index (χ0n) is 14.1. The molecule has 0 fully saturated rings. The second-order valence-corrected chi connectivity index (χ2v) is 6.64. The van der Waals surface area contributed by atoms with Gasteiger partial charge in [0.25, 0.3) is 5.91 Å². The first-order valence-corrected chi connectivity index (χ1v) is 8.70. The molecule has 3 rings (SSSR count). The lowest BCUT2D eigenvalue weighted by atomic mass is 10.1. The minimum absolute atomic E-state index is 0.0453. The number of anilines is 2. The van der Waals surface area contributed by atoms with Crippen molar-refractivity contribution in [2.24, 2.45) is 0 Å². The van der Waals surface area contributed by atoms with Gasteiger partial charge in [0, 0.05) is 16.6 Å². The van der Waals surface area contributed by atoms with Gasteiger partial charge in [-0.25, -0.2) is 4.98 Å². The second kappa shape index (κ2) is 7.36. The molecule has 3 aromatic rings. The van der Waals surface area contributed by atoms with Gasteiger partial charge in [0.15, 0.2) is 11.7 Å². The number of hydrogen-bond donors (Lipinski definition) is 2. The van der Waals surface area contributed by atoms with E-state index in [9.17, 15) is 4.79 Å². The van der Waals surface area contributed by atoms with Gasteiger partial charge in [-0.05, 0) is 49.7 Å². The summed E-state index contributed by atoms with van der Waals surface area (Å²) in [6.07, 6.45) is 0. The number of carbonyl (C=O) groups excluding carboxylic acids is 1. The van der Waals surface area contributed by atoms with Gasteiger partial charge in [-0.2, -0.15) is 0 Å². The van der Waals surface area contributed by atoms with Crippen molar-refractivity contribution < 1.29 is 9.53 Å². The third-order valence-electron chi connectivity index (χ3n) is 3.70. The van der Waals surface area contributed by atoms with Crippen molar-refractivity contribution in [3.05, 3.63) is 59.0 Å². The fourth-order valence-electron chi connectivity index (χ4n) is 2.43. The Morgan fingerprint density at radius 3 is 2.60 bits per heavy atom. The SMILES string of the molecule is Cc1ccc(NC(=O)COc2ccc(-c3csc(N)n3)cc2)c(C)c1. The predicted octanol–water partition coefficient (Wildman–Crippen LogP) is 4.03. The van der Waals surface area contributed by atoms with Crippen molar-refractivity contribution in [3.63, 3.8) is 0 Å². The summed E-state index contributed by atoms with van der Waals surface area (Å²) >= 11 is 1.40. The molecule has 0 saturated carbocycles. The minimum atomic E-state index is -0.191. The highest BCUT2D eigenvalue weighted by Crippen LogP contribution is 2.25. The van der Waals surface area contributed by atoms with Gasteiger partial charge in [0.2, 0.25) is 0 Å². The third-order valence-corrected chi connectivity index (χ3v) is 4.37. The van der Waals surface area contributed by atoms with Crippen LogP contribution in [0.25, 0.3) is 11.3 Å². The van der Waals surface area contributed by atoms with E-state index in [0.29, 0.717) is 10.9 Å². The Labute approximate surface area is 150 Å². The Hall–Kier alpha value is -2.86. The zero-order valence-corrected chi connectivity index (χ0v) is 14.9. The quantitative estimate of drug-likeness (QED) is 0.726. The van der Waals surface area contributed by atoms with Gasteiger partial charge < -0.3 is 15.8 Å². The molecule has 6 heteroatoms. The Morgan fingerprint density at radius 1 is 1.20 bits per heavy atom. The van der Waals surface area contributed by atoms with Crippen LogP contribution < -0.4 is 15.8 Å². The summed E-state index contributed by atoms with van der Waals surface area (Å²) in [7, 11) is 0. The lowest BCUT2D eigenvalue weighted by Gasteiger charge is -2.10. The molecule has 0 unspecified atom stereocenters. The van der Waals surface area contributed by atoms with E-state index in [-0.39, 0.29) is 12.5 Å². The van der Waals surface area contributed by atoms with Crippen LogP contribution in [0.15, 0.2) is 47.8 Å². The molecule has 0 aliphatic carbocycles.